The predicted octanol–water partition coefficient (Wildman–Crippen LogP) is 3.04. The van der Waals surface area contributed by atoms with Crippen LogP contribution in [0.5, 0.6) is 5.75 Å². The molecule has 21 heavy (non-hydrogen) atoms. The van der Waals surface area contributed by atoms with Crippen LogP contribution in [0, 0.1) is 13.8 Å². The van der Waals surface area contributed by atoms with E-state index in [-0.39, 0.29) is 18.8 Å². The van der Waals surface area contributed by atoms with Gasteiger partial charge in [-0.25, -0.2) is 4.79 Å². The number of benzene rings is 2. The number of ether oxygens (including phenoxy) is 1. The number of carbonyl (C=O) groups is 1. The molecule has 0 radical (unpaired) electrons. The molecule has 0 unspecified atom stereocenters. The van der Waals surface area contributed by atoms with Crippen LogP contribution in [0.3, 0.4) is 0 Å². The number of carboxylic acids is 1. The summed E-state index contributed by atoms with van der Waals surface area (Å²) in [6, 6.07) is 10.8. The lowest BCUT2D eigenvalue weighted by atomic mass is 9.97. The van der Waals surface area contributed by atoms with Gasteiger partial charge in [-0.05, 0) is 60.4 Å². The summed E-state index contributed by atoms with van der Waals surface area (Å²) in [4.78, 5) is 10.9. The van der Waals surface area contributed by atoms with Crippen molar-refractivity contribution in [1.82, 2.24) is 0 Å². The van der Waals surface area contributed by atoms with Gasteiger partial charge in [-0.15, -0.1) is 0 Å². The number of aromatic carboxylic acids is 1. The number of aryl methyl sites for hydroxylation is 2. The van der Waals surface area contributed by atoms with Crippen molar-refractivity contribution in [2.75, 3.05) is 13.2 Å². The van der Waals surface area contributed by atoms with Crippen molar-refractivity contribution in [3.63, 3.8) is 0 Å². The van der Waals surface area contributed by atoms with E-state index >= 15 is 0 Å². The van der Waals surface area contributed by atoms with Gasteiger partial charge < -0.3 is 14.9 Å². The van der Waals surface area contributed by atoms with Crippen LogP contribution >= 0.6 is 0 Å². The summed E-state index contributed by atoms with van der Waals surface area (Å²) < 4.78 is 5.48. The van der Waals surface area contributed by atoms with E-state index in [1.165, 1.54) is 0 Å². The van der Waals surface area contributed by atoms with Gasteiger partial charge in [-0.2, -0.15) is 0 Å². The van der Waals surface area contributed by atoms with Crippen molar-refractivity contribution < 1.29 is 19.7 Å². The highest BCUT2D eigenvalue weighted by Crippen LogP contribution is 2.30. The lowest BCUT2D eigenvalue weighted by Crippen LogP contribution is -2.03. The fourth-order valence-electron chi connectivity index (χ4n) is 2.20. The fourth-order valence-corrected chi connectivity index (χ4v) is 2.20. The molecule has 0 aliphatic rings. The van der Waals surface area contributed by atoms with E-state index in [1.807, 2.05) is 26.0 Å². The van der Waals surface area contributed by atoms with Gasteiger partial charge in [0, 0.05) is 0 Å². The van der Waals surface area contributed by atoms with Crippen LogP contribution in [0.2, 0.25) is 0 Å². The van der Waals surface area contributed by atoms with Gasteiger partial charge >= 0.3 is 5.97 Å². The normalized spacial score (nSPS) is 10.4. The molecule has 2 aromatic rings. The molecule has 0 fully saturated rings. The van der Waals surface area contributed by atoms with Crippen molar-refractivity contribution in [2.24, 2.45) is 0 Å². The van der Waals surface area contributed by atoms with Gasteiger partial charge in [0.05, 0.1) is 12.2 Å². The SMILES string of the molecule is Cc1cc(-c2ccc(C(=O)O)cc2)c(C)cc1OCCO. The first-order valence-corrected chi connectivity index (χ1v) is 6.71. The molecule has 0 aliphatic carbocycles. The molecule has 110 valence electrons. The Morgan fingerprint density at radius 2 is 1.76 bits per heavy atom. The van der Waals surface area contributed by atoms with Crippen molar-refractivity contribution in [3.8, 4) is 16.9 Å². The predicted molar refractivity (Wildman–Crippen MR) is 80.9 cm³/mol. The van der Waals surface area contributed by atoms with Crippen molar-refractivity contribution >= 4 is 5.97 Å². The zero-order valence-corrected chi connectivity index (χ0v) is 12.1. The minimum absolute atomic E-state index is 0.0170. The number of hydrogen-bond donors (Lipinski definition) is 2. The highest BCUT2D eigenvalue weighted by Gasteiger charge is 2.09. The lowest BCUT2D eigenvalue weighted by Gasteiger charge is -2.13. The average molecular weight is 286 g/mol. The molecule has 0 aliphatic heterocycles. The second-order valence-corrected chi connectivity index (χ2v) is 4.89. The summed E-state index contributed by atoms with van der Waals surface area (Å²) in [6.07, 6.45) is 0. The Morgan fingerprint density at radius 1 is 1.10 bits per heavy atom. The molecule has 0 bridgehead atoms. The van der Waals surface area contributed by atoms with Crippen LogP contribution < -0.4 is 4.74 Å². The van der Waals surface area contributed by atoms with Gasteiger partial charge in [0.15, 0.2) is 0 Å². The Morgan fingerprint density at radius 3 is 2.33 bits per heavy atom. The summed E-state index contributed by atoms with van der Waals surface area (Å²) in [7, 11) is 0. The second kappa shape index (κ2) is 6.41. The first kappa shape index (κ1) is 15.1. The molecular formula is C17H18O4. The maximum atomic E-state index is 10.9. The van der Waals surface area contributed by atoms with E-state index in [4.69, 9.17) is 14.9 Å². The number of aliphatic hydroxyl groups excluding tert-OH is 1. The molecule has 0 saturated heterocycles. The van der Waals surface area contributed by atoms with E-state index in [0.29, 0.717) is 0 Å². The van der Waals surface area contributed by atoms with Crippen molar-refractivity contribution in [1.29, 1.82) is 0 Å². The summed E-state index contributed by atoms with van der Waals surface area (Å²) in [6.45, 7) is 4.18. The highest BCUT2D eigenvalue weighted by molar-refractivity contribution is 5.88. The smallest absolute Gasteiger partial charge is 0.335 e. The van der Waals surface area contributed by atoms with Crippen molar-refractivity contribution in [3.05, 3.63) is 53.1 Å². The highest BCUT2D eigenvalue weighted by atomic mass is 16.5. The number of rotatable bonds is 5. The van der Waals surface area contributed by atoms with Gasteiger partial charge in [0.25, 0.3) is 0 Å². The standard InChI is InChI=1S/C17H18O4/c1-11-10-16(21-8-7-18)12(2)9-15(11)13-3-5-14(6-4-13)17(19)20/h3-6,9-10,18H,7-8H2,1-2H3,(H,19,20). The quantitative estimate of drug-likeness (QED) is 0.886. The zero-order valence-electron chi connectivity index (χ0n) is 12.1. The lowest BCUT2D eigenvalue weighted by molar-refractivity contribution is 0.0697. The van der Waals surface area contributed by atoms with Gasteiger partial charge in [-0.3, -0.25) is 0 Å². The molecule has 2 N–H and O–H groups in total. The minimum Gasteiger partial charge on any atom is -0.491 e. The first-order chi connectivity index (χ1) is 10.0. The van der Waals surface area contributed by atoms with E-state index in [2.05, 4.69) is 0 Å². The number of aliphatic hydroxyl groups is 1. The molecule has 2 rings (SSSR count). The summed E-state index contributed by atoms with van der Waals surface area (Å²) >= 11 is 0. The fraction of sp³-hybridized carbons (Fsp3) is 0.235. The minimum atomic E-state index is -0.929. The van der Waals surface area contributed by atoms with E-state index < -0.39 is 5.97 Å². The molecule has 2 aromatic carbocycles. The van der Waals surface area contributed by atoms with Crippen LogP contribution in [0.15, 0.2) is 36.4 Å². The molecule has 0 atom stereocenters. The monoisotopic (exact) mass is 286 g/mol. The molecule has 0 heterocycles. The molecule has 4 nitrogen and oxygen atoms in total. The molecule has 0 saturated carbocycles. The topological polar surface area (TPSA) is 66.8 Å². The second-order valence-electron chi connectivity index (χ2n) is 4.89. The first-order valence-electron chi connectivity index (χ1n) is 6.71. The Labute approximate surface area is 123 Å². The van der Waals surface area contributed by atoms with Gasteiger partial charge in [0.2, 0.25) is 0 Å². The van der Waals surface area contributed by atoms with E-state index in [0.717, 1.165) is 28.0 Å². The molecular weight excluding hydrogens is 268 g/mol. The van der Waals surface area contributed by atoms with Crippen LogP contribution in [0.4, 0.5) is 0 Å². The third-order valence-corrected chi connectivity index (χ3v) is 3.31. The number of hydrogen-bond acceptors (Lipinski definition) is 3. The third-order valence-electron chi connectivity index (χ3n) is 3.31. The van der Waals surface area contributed by atoms with Crippen LogP contribution in [0.25, 0.3) is 11.1 Å². The maximum Gasteiger partial charge on any atom is 0.335 e. The summed E-state index contributed by atoms with van der Waals surface area (Å²) in [5.74, 6) is -0.172. The Balaban J connectivity index is 2.35. The van der Waals surface area contributed by atoms with E-state index in [1.54, 1.807) is 24.3 Å². The average Bonchev–Trinajstić information content (AvgIpc) is 2.48. The molecule has 4 heteroatoms. The van der Waals surface area contributed by atoms with Crippen LogP contribution in [0.1, 0.15) is 21.5 Å². The summed E-state index contributed by atoms with van der Waals surface area (Å²) in [5.41, 5.74) is 4.30. The zero-order chi connectivity index (χ0) is 15.4. The van der Waals surface area contributed by atoms with Crippen LogP contribution in [-0.4, -0.2) is 29.4 Å². The van der Waals surface area contributed by atoms with Crippen LogP contribution in [-0.2, 0) is 0 Å². The molecule has 0 amide bonds. The van der Waals surface area contributed by atoms with E-state index in [9.17, 15) is 4.79 Å². The molecule has 0 spiro atoms. The Kier molecular flexibility index (Phi) is 4.60. The Hall–Kier alpha value is -2.33. The van der Waals surface area contributed by atoms with Gasteiger partial charge in [-0.1, -0.05) is 12.1 Å². The van der Waals surface area contributed by atoms with Gasteiger partial charge in [0.1, 0.15) is 12.4 Å². The number of carboxylic acid groups (broad SMARTS) is 1. The molecule has 0 aromatic heterocycles. The largest absolute Gasteiger partial charge is 0.491 e. The summed E-state index contributed by atoms with van der Waals surface area (Å²) in [5, 5.41) is 17.7. The maximum absolute atomic E-state index is 10.9. The Bertz CT molecular complexity index is 645. The third kappa shape index (κ3) is 3.41. The van der Waals surface area contributed by atoms with Crippen molar-refractivity contribution in [2.45, 2.75) is 13.8 Å².